The van der Waals surface area contributed by atoms with E-state index in [-0.39, 0.29) is 38.2 Å². The smallest absolute Gasteiger partial charge is 0.270 e. The van der Waals surface area contributed by atoms with E-state index in [9.17, 15) is 35.8 Å². The normalized spacial score (nSPS) is 39.3. The molecule has 1 amide bonds. The first-order valence-electron chi connectivity index (χ1n) is 11.7. The molecule has 0 spiro atoms. The zero-order valence-electron chi connectivity index (χ0n) is 20.2. The quantitative estimate of drug-likeness (QED) is 0.0815. The van der Waals surface area contributed by atoms with Gasteiger partial charge in [0.25, 0.3) is 20.2 Å². The van der Waals surface area contributed by atoms with Crippen LogP contribution in [0.4, 0.5) is 0 Å². The highest BCUT2D eigenvalue weighted by Crippen LogP contribution is 2.47. The molecular weight excluding hydrogens is 558 g/mol. The molecule has 0 aromatic carbocycles. The summed E-state index contributed by atoms with van der Waals surface area (Å²) in [6.07, 6.45) is -0.872. The summed E-state index contributed by atoms with van der Waals surface area (Å²) in [4.78, 5) is 11.8. The number of amides is 1. The van der Waals surface area contributed by atoms with Gasteiger partial charge in [-0.05, 0) is 44.4 Å². The van der Waals surface area contributed by atoms with Gasteiger partial charge in [0, 0.05) is 38.0 Å². The molecule has 0 radical (unpaired) electrons. The zero-order valence-corrected chi connectivity index (χ0v) is 22.6. The first-order chi connectivity index (χ1) is 17.3. The van der Waals surface area contributed by atoms with E-state index in [1.807, 2.05) is 0 Å². The Morgan fingerprint density at radius 2 is 1.73 bits per heavy atom. The van der Waals surface area contributed by atoms with Crippen LogP contribution in [0.25, 0.3) is 0 Å². The van der Waals surface area contributed by atoms with Crippen LogP contribution in [0.2, 0.25) is 0 Å². The lowest BCUT2D eigenvalue weighted by molar-refractivity contribution is -0.432. The highest BCUT2D eigenvalue weighted by molar-refractivity contribution is 7.95. The van der Waals surface area contributed by atoms with E-state index >= 15 is 0 Å². The molecule has 37 heavy (non-hydrogen) atoms. The third-order valence-corrected chi connectivity index (χ3v) is 10.9. The second-order valence-electron chi connectivity index (χ2n) is 9.77. The van der Waals surface area contributed by atoms with Gasteiger partial charge in [-0.25, -0.2) is 5.26 Å². The number of hydrogen-bond donors (Lipinski definition) is 5. The monoisotopic (exact) mass is 591 g/mol. The van der Waals surface area contributed by atoms with Crippen LogP contribution in [0.15, 0.2) is 10.2 Å². The predicted octanol–water partition coefficient (Wildman–Crippen LogP) is 0.621. The molecule has 214 valence electrons. The van der Waals surface area contributed by atoms with Crippen molar-refractivity contribution in [3.8, 4) is 0 Å². The van der Waals surface area contributed by atoms with E-state index in [1.54, 1.807) is 0 Å². The van der Waals surface area contributed by atoms with Gasteiger partial charge in [-0.2, -0.15) is 27.1 Å². The Morgan fingerprint density at radius 1 is 1.03 bits per heavy atom. The fraction of sp³-hybridized carbons (Fsp3) is 0.947. The number of carbonyl (C=O) groups excluding carboxylic acids is 1. The first-order valence-corrected chi connectivity index (χ1v) is 15.5. The maximum Gasteiger partial charge on any atom is 0.270 e. The Bertz CT molecular complexity index is 1040. The minimum Gasteiger partial charge on any atom is -0.390 e. The fourth-order valence-corrected chi connectivity index (χ4v) is 8.66. The summed E-state index contributed by atoms with van der Waals surface area (Å²) in [6, 6.07) is -2.74. The molecule has 0 saturated heterocycles. The maximum atomic E-state index is 12.0. The molecule has 0 aromatic heterocycles. The molecule has 0 aromatic rings. The number of nitrogens with one attached hydrogen (secondary N) is 1. The van der Waals surface area contributed by atoms with Crippen LogP contribution in [0, 0.1) is 11.8 Å². The van der Waals surface area contributed by atoms with Crippen molar-refractivity contribution in [3.05, 3.63) is 0 Å². The van der Waals surface area contributed by atoms with Crippen molar-refractivity contribution in [2.45, 2.75) is 91.5 Å². The molecular formula is C19H33N3O12S3. The number of nitrogens with zero attached hydrogens (tertiary/aromatic N) is 2. The molecule has 10 atom stereocenters. The first kappa shape index (κ1) is 30.6. The SMILES string of the molecule is COC1CCC(N=NC2C(SOOO)CC3CC(S(=O)(=O)O)CC(NC(C)=O)C3C2O)C(S(=O)(=O)O)C1. The molecule has 10 unspecified atom stereocenters. The number of methoxy groups -OCH3 is 1. The highest BCUT2D eigenvalue weighted by atomic mass is 32.2. The molecule has 3 rings (SSSR count). The molecule has 15 nitrogen and oxygen atoms in total. The molecule has 18 heteroatoms. The number of fused-ring (bicyclic) bond motifs is 1. The summed E-state index contributed by atoms with van der Waals surface area (Å²) in [6.45, 7) is 1.25. The lowest BCUT2D eigenvalue weighted by Gasteiger charge is -2.49. The molecule has 3 aliphatic carbocycles. The molecule has 3 aliphatic rings. The summed E-state index contributed by atoms with van der Waals surface area (Å²) in [7, 11) is -7.47. The third kappa shape index (κ3) is 7.58. The molecule has 5 N–H and O–H groups in total. The Hall–Kier alpha value is -0.960. The maximum absolute atomic E-state index is 12.0. The van der Waals surface area contributed by atoms with Crippen LogP contribution >= 0.6 is 12.0 Å². The minimum atomic E-state index is -4.48. The van der Waals surface area contributed by atoms with Crippen LogP contribution in [0.5, 0.6) is 0 Å². The summed E-state index contributed by atoms with van der Waals surface area (Å²) >= 11 is 0.613. The summed E-state index contributed by atoms with van der Waals surface area (Å²) in [5, 5.41) is 31.6. The van der Waals surface area contributed by atoms with Crippen LogP contribution in [-0.2, 0) is 39.1 Å². The predicted molar refractivity (Wildman–Crippen MR) is 128 cm³/mol. The van der Waals surface area contributed by atoms with Gasteiger partial charge in [0.05, 0.1) is 28.7 Å². The van der Waals surface area contributed by atoms with E-state index in [4.69, 9.17) is 9.99 Å². The van der Waals surface area contributed by atoms with Crippen molar-refractivity contribution in [1.82, 2.24) is 5.32 Å². The van der Waals surface area contributed by atoms with Gasteiger partial charge in [0.2, 0.25) is 5.91 Å². The van der Waals surface area contributed by atoms with Crippen LogP contribution < -0.4 is 5.32 Å². The number of carbonyl (C=O) groups is 1. The lowest BCUT2D eigenvalue weighted by Crippen LogP contribution is -2.60. The van der Waals surface area contributed by atoms with Gasteiger partial charge in [0.15, 0.2) is 0 Å². The van der Waals surface area contributed by atoms with Gasteiger partial charge in [-0.15, -0.1) is 4.33 Å². The Kier molecular flexibility index (Phi) is 10.3. The van der Waals surface area contributed by atoms with Crippen LogP contribution in [0.3, 0.4) is 0 Å². The molecule has 0 bridgehead atoms. The van der Waals surface area contributed by atoms with E-state index in [0.717, 1.165) is 0 Å². The van der Waals surface area contributed by atoms with E-state index < -0.39 is 78.0 Å². The molecule has 0 heterocycles. The van der Waals surface area contributed by atoms with Gasteiger partial charge in [0.1, 0.15) is 11.3 Å². The van der Waals surface area contributed by atoms with Crippen molar-refractivity contribution in [2.24, 2.45) is 22.1 Å². The lowest BCUT2D eigenvalue weighted by atomic mass is 9.65. The van der Waals surface area contributed by atoms with Gasteiger partial charge < -0.3 is 15.2 Å². The average Bonchev–Trinajstić information content (AvgIpc) is 2.80. The second kappa shape index (κ2) is 12.5. The second-order valence-corrected chi connectivity index (χ2v) is 14.0. The van der Waals surface area contributed by atoms with Gasteiger partial charge >= 0.3 is 0 Å². The largest absolute Gasteiger partial charge is 0.390 e. The summed E-state index contributed by atoms with van der Waals surface area (Å²) < 4.78 is 77.0. The van der Waals surface area contributed by atoms with Crippen LogP contribution in [-0.4, -0.2) is 95.4 Å². The topological polar surface area (TPSA) is 231 Å². The van der Waals surface area contributed by atoms with Gasteiger partial charge in [-0.1, -0.05) is 5.04 Å². The molecule has 0 aliphatic heterocycles. The number of aliphatic hydroxyl groups is 1. The molecule has 3 fully saturated rings. The fourth-order valence-electron chi connectivity index (χ4n) is 5.89. The van der Waals surface area contributed by atoms with Gasteiger partial charge in [-0.3, -0.25) is 13.9 Å². The zero-order chi connectivity index (χ0) is 27.5. The van der Waals surface area contributed by atoms with Crippen molar-refractivity contribution in [3.63, 3.8) is 0 Å². The Morgan fingerprint density at radius 3 is 2.30 bits per heavy atom. The van der Waals surface area contributed by atoms with Crippen molar-refractivity contribution in [2.75, 3.05) is 7.11 Å². The summed E-state index contributed by atoms with van der Waals surface area (Å²) in [5.41, 5.74) is 0. The Labute approximate surface area is 219 Å². The number of azo groups is 1. The Balaban J connectivity index is 1.91. The molecule has 3 saturated carbocycles. The average molecular weight is 592 g/mol. The summed E-state index contributed by atoms with van der Waals surface area (Å²) in [5.74, 6) is -1.62. The highest BCUT2D eigenvalue weighted by Gasteiger charge is 2.53. The minimum absolute atomic E-state index is 0.00338. The van der Waals surface area contributed by atoms with E-state index in [1.165, 1.54) is 14.0 Å². The van der Waals surface area contributed by atoms with Crippen molar-refractivity contribution in [1.29, 1.82) is 0 Å². The number of aliphatic hydroxyl groups excluding tert-OH is 1. The third-order valence-electron chi connectivity index (χ3n) is 7.53. The standard InChI is InChI=1S/C19H33N3O12S3/c1-9(23)20-14-8-12(36(26,27)28)5-10-6-15(35-34-33-25)18(19(24)17(10)14)22-21-13-4-3-11(32-2)7-16(13)37(29,30)31/h10-19,24-25H,3-8H2,1-2H3,(H,20,23)(H,26,27,28)(H,29,30,31). The van der Waals surface area contributed by atoms with Crippen molar-refractivity contribution < 1.29 is 55.2 Å². The van der Waals surface area contributed by atoms with Crippen molar-refractivity contribution >= 4 is 38.2 Å². The number of rotatable bonds is 9. The van der Waals surface area contributed by atoms with Crippen LogP contribution in [0.1, 0.15) is 45.4 Å². The van der Waals surface area contributed by atoms with E-state index in [0.29, 0.717) is 18.5 Å². The number of ether oxygens (including phenoxy) is 1. The number of hydrogen-bond acceptors (Lipinski definition) is 13. The van der Waals surface area contributed by atoms with E-state index in [2.05, 4.69) is 24.9 Å².